The number of hydrogen-bond acceptors (Lipinski definition) is 4. The number of nitrogens with zero attached hydrogens (tertiary/aromatic N) is 2. The number of amides is 2. The summed E-state index contributed by atoms with van der Waals surface area (Å²) < 4.78 is 0. The molecule has 0 atom stereocenters. The van der Waals surface area contributed by atoms with Crippen LogP contribution in [0.3, 0.4) is 0 Å². The Morgan fingerprint density at radius 2 is 1.70 bits per heavy atom. The average molecular weight is 328 g/mol. The van der Waals surface area contributed by atoms with Gasteiger partial charge in [0.15, 0.2) is 0 Å². The number of rotatable bonds is 3. The highest BCUT2D eigenvalue weighted by atomic mass is 32.1. The summed E-state index contributed by atoms with van der Waals surface area (Å²) in [5.74, 6) is -0.185. The largest absolute Gasteiger partial charge is 0.276 e. The highest BCUT2D eigenvalue weighted by Crippen LogP contribution is 2.31. The topological polar surface area (TPSA) is 50.3 Å². The van der Waals surface area contributed by atoms with E-state index in [9.17, 15) is 9.59 Å². The fraction of sp³-hybridized carbons (Fsp3) is 0.389. The van der Waals surface area contributed by atoms with Gasteiger partial charge in [-0.2, -0.15) is 0 Å². The molecule has 4 nitrogen and oxygen atoms in total. The molecular weight excluding hydrogens is 308 g/mol. The SMILES string of the molecule is Cc1cc(-c2csc(CN3C(=O)CCC3=O)n2)c(C)c(C)c1C. The lowest BCUT2D eigenvalue weighted by atomic mass is 9.93. The minimum atomic E-state index is -0.0926. The Labute approximate surface area is 140 Å². The first kappa shape index (κ1) is 15.9. The van der Waals surface area contributed by atoms with E-state index in [-0.39, 0.29) is 11.8 Å². The second-order valence-corrected chi connectivity index (χ2v) is 7.06. The molecule has 0 unspecified atom stereocenters. The number of hydrogen-bond donors (Lipinski definition) is 0. The molecule has 0 aliphatic carbocycles. The number of benzene rings is 1. The standard InChI is InChI=1S/C18H20N2O2S/c1-10-7-14(13(4)12(3)11(10)2)15-9-23-16(19-15)8-20-17(21)5-6-18(20)22/h7,9H,5-6,8H2,1-4H3. The van der Waals surface area contributed by atoms with Gasteiger partial charge in [-0.05, 0) is 56.0 Å². The third-order valence-corrected chi connectivity index (χ3v) is 5.59. The molecule has 0 N–H and O–H groups in total. The second kappa shape index (κ2) is 5.89. The number of likely N-dealkylation sites (tertiary alicyclic amines) is 1. The lowest BCUT2D eigenvalue weighted by Crippen LogP contribution is -2.28. The summed E-state index contributed by atoms with van der Waals surface area (Å²) in [5.41, 5.74) is 7.15. The van der Waals surface area contributed by atoms with Gasteiger partial charge < -0.3 is 0 Å². The summed E-state index contributed by atoms with van der Waals surface area (Å²) in [5, 5.41) is 2.82. The Hall–Kier alpha value is -2.01. The Morgan fingerprint density at radius 1 is 1.04 bits per heavy atom. The molecule has 1 saturated heterocycles. The van der Waals surface area contributed by atoms with Gasteiger partial charge in [-0.25, -0.2) is 4.98 Å². The van der Waals surface area contributed by atoms with E-state index in [1.165, 1.54) is 38.5 Å². The van der Waals surface area contributed by atoms with Crippen LogP contribution in [0.5, 0.6) is 0 Å². The highest BCUT2D eigenvalue weighted by molar-refractivity contribution is 7.09. The van der Waals surface area contributed by atoms with Gasteiger partial charge in [-0.3, -0.25) is 14.5 Å². The van der Waals surface area contributed by atoms with E-state index in [0.29, 0.717) is 19.4 Å². The Morgan fingerprint density at radius 3 is 2.35 bits per heavy atom. The van der Waals surface area contributed by atoms with E-state index in [1.54, 1.807) is 0 Å². The first-order valence-electron chi connectivity index (χ1n) is 7.74. The molecule has 2 amide bonds. The summed E-state index contributed by atoms with van der Waals surface area (Å²) in [6.07, 6.45) is 0.652. The van der Waals surface area contributed by atoms with Crippen LogP contribution in [0.2, 0.25) is 0 Å². The smallest absolute Gasteiger partial charge is 0.230 e. The number of aryl methyl sites for hydroxylation is 1. The molecule has 120 valence electrons. The molecule has 1 aliphatic rings. The van der Waals surface area contributed by atoms with Crippen LogP contribution in [0.4, 0.5) is 0 Å². The summed E-state index contributed by atoms with van der Waals surface area (Å²) in [7, 11) is 0. The summed E-state index contributed by atoms with van der Waals surface area (Å²) in [6, 6.07) is 2.17. The first-order chi connectivity index (χ1) is 10.9. The van der Waals surface area contributed by atoms with Gasteiger partial charge in [0.2, 0.25) is 11.8 Å². The third-order valence-electron chi connectivity index (χ3n) is 4.76. The van der Waals surface area contributed by atoms with Gasteiger partial charge >= 0.3 is 0 Å². The molecule has 1 aromatic carbocycles. The van der Waals surface area contributed by atoms with Crippen LogP contribution < -0.4 is 0 Å². The molecule has 3 rings (SSSR count). The van der Waals surface area contributed by atoms with Crippen LogP contribution in [0.25, 0.3) is 11.3 Å². The average Bonchev–Trinajstić information content (AvgIpc) is 3.11. The monoisotopic (exact) mass is 328 g/mol. The molecule has 0 bridgehead atoms. The van der Waals surface area contributed by atoms with Crippen molar-refractivity contribution >= 4 is 23.2 Å². The van der Waals surface area contributed by atoms with Crippen LogP contribution >= 0.6 is 11.3 Å². The molecule has 2 aromatic rings. The van der Waals surface area contributed by atoms with E-state index in [4.69, 9.17) is 0 Å². The lowest BCUT2D eigenvalue weighted by Gasteiger charge is -2.13. The van der Waals surface area contributed by atoms with Crippen LogP contribution in [0, 0.1) is 27.7 Å². The predicted octanol–water partition coefficient (Wildman–Crippen LogP) is 3.69. The Bertz CT molecular complexity index is 792. The minimum Gasteiger partial charge on any atom is -0.276 e. The lowest BCUT2D eigenvalue weighted by molar-refractivity contribution is -0.139. The maximum absolute atomic E-state index is 11.7. The van der Waals surface area contributed by atoms with Gasteiger partial charge in [0.1, 0.15) is 5.01 Å². The fourth-order valence-corrected chi connectivity index (χ4v) is 3.70. The Kier molecular flexibility index (Phi) is 4.06. The van der Waals surface area contributed by atoms with Crippen molar-refractivity contribution in [2.75, 3.05) is 0 Å². The van der Waals surface area contributed by atoms with Gasteiger partial charge in [0.05, 0.1) is 12.2 Å². The van der Waals surface area contributed by atoms with Crippen molar-refractivity contribution < 1.29 is 9.59 Å². The van der Waals surface area contributed by atoms with E-state index >= 15 is 0 Å². The molecule has 2 heterocycles. The third kappa shape index (κ3) is 2.81. The zero-order valence-electron chi connectivity index (χ0n) is 13.9. The maximum Gasteiger partial charge on any atom is 0.230 e. The van der Waals surface area contributed by atoms with E-state index < -0.39 is 0 Å². The van der Waals surface area contributed by atoms with Crippen molar-refractivity contribution in [3.05, 3.63) is 38.7 Å². The molecular formula is C18H20N2O2S. The number of imide groups is 1. The molecule has 1 aromatic heterocycles. The number of thiazole rings is 1. The molecule has 0 spiro atoms. The highest BCUT2D eigenvalue weighted by Gasteiger charge is 2.29. The van der Waals surface area contributed by atoms with E-state index in [0.717, 1.165) is 16.3 Å². The number of carbonyl (C=O) groups is 2. The number of carbonyl (C=O) groups excluding carboxylic acids is 2. The van der Waals surface area contributed by atoms with Crippen molar-refractivity contribution in [1.82, 2.24) is 9.88 Å². The molecule has 0 radical (unpaired) electrons. The van der Waals surface area contributed by atoms with Gasteiger partial charge in [0, 0.05) is 23.8 Å². The number of aromatic nitrogens is 1. The van der Waals surface area contributed by atoms with Crippen molar-refractivity contribution in [1.29, 1.82) is 0 Å². The van der Waals surface area contributed by atoms with Crippen molar-refractivity contribution in [2.45, 2.75) is 47.1 Å². The van der Waals surface area contributed by atoms with Gasteiger partial charge in [0.25, 0.3) is 0 Å². The predicted molar refractivity (Wildman–Crippen MR) is 91.3 cm³/mol. The van der Waals surface area contributed by atoms with Gasteiger partial charge in [-0.15, -0.1) is 11.3 Å². The van der Waals surface area contributed by atoms with Crippen LogP contribution in [-0.4, -0.2) is 21.7 Å². The molecule has 0 saturated carbocycles. The zero-order chi connectivity index (χ0) is 16.7. The minimum absolute atomic E-state index is 0.0926. The normalized spacial score (nSPS) is 14.9. The molecule has 1 aliphatic heterocycles. The molecule has 5 heteroatoms. The van der Waals surface area contributed by atoms with Crippen LogP contribution in [0.15, 0.2) is 11.4 Å². The van der Waals surface area contributed by atoms with E-state index in [1.807, 2.05) is 5.38 Å². The second-order valence-electron chi connectivity index (χ2n) is 6.12. The fourth-order valence-electron chi connectivity index (χ4n) is 2.92. The Balaban J connectivity index is 1.91. The maximum atomic E-state index is 11.7. The summed E-state index contributed by atoms with van der Waals surface area (Å²) >= 11 is 1.50. The first-order valence-corrected chi connectivity index (χ1v) is 8.62. The van der Waals surface area contributed by atoms with Crippen LogP contribution in [-0.2, 0) is 16.1 Å². The summed E-state index contributed by atoms with van der Waals surface area (Å²) in [4.78, 5) is 29.4. The van der Waals surface area contributed by atoms with Crippen LogP contribution in [0.1, 0.15) is 40.1 Å². The van der Waals surface area contributed by atoms with Crippen molar-refractivity contribution in [2.24, 2.45) is 0 Å². The quantitative estimate of drug-likeness (QED) is 0.807. The van der Waals surface area contributed by atoms with Crippen molar-refractivity contribution in [3.8, 4) is 11.3 Å². The van der Waals surface area contributed by atoms with Crippen molar-refractivity contribution in [3.63, 3.8) is 0 Å². The molecule has 1 fully saturated rings. The zero-order valence-corrected chi connectivity index (χ0v) is 14.7. The van der Waals surface area contributed by atoms with Gasteiger partial charge in [-0.1, -0.05) is 0 Å². The summed E-state index contributed by atoms with van der Waals surface area (Å²) in [6.45, 7) is 8.80. The molecule has 23 heavy (non-hydrogen) atoms. The van der Waals surface area contributed by atoms with E-state index in [2.05, 4.69) is 38.7 Å².